The molecule has 0 saturated carbocycles. The van der Waals surface area contributed by atoms with Gasteiger partial charge in [0.15, 0.2) is 5.71 Å². The minimum atomic E-state index is -0.113. The average molecular weight is 653 g/mol. The second kappa shape index (κ2) is 15.3. The summed E-state index contributed by atoms with van der Waals surface area (Å²) in [4.78, 5) is 14.2. The van der Waals surface area contributed by atoms with Crippen molar-refractivity contribution >= 4 is 34.5 Å². The van der Waals surface area contributed by atoms with Gasteiger partial charge in [0.2, 0.25) is 5.69 Å². The molecule has 47 heavy (non-hydrogen) atoms. The van der Waals surface area contributed by atoms with E-state index in [1.54, 1.807) is 0 Å². The van der Waals surface area contributed by atoms with Crippen LogP contribution in [0, 0.1) is 0 Å². The Labute approximate surface area is 288 Å². The third-order valence-electron chi connectivity index (χ3n) is 10.5. The molecule has 0 unspecified atom stereocenters. The molecule has 3 aliphatic rings. The lowest BCUT2D eigenvalue weighted by Gasteiger charge is -2.27. The summed E-state index contributed by atoms with van der Waals surface area (Å²) in [5.41, 5.74) is 15.8. The molecule has 0 spiro atoms. The maximum absolute atomic E-state index is 11.7. The van der Waals surface area contributed by atoms with Crippen molar-refractivity contribution in [3.8, 4) is 0 Å². The number of ketones is 1. The standard InChI is InChI=1S/C42H55ClN3O/c1-6-7-14-28-45-36-22-12-10-20-34(36)41(2,3)38(45)26-24-31-17-16-18-32(40(31)43)25-27-39-42(4,5)35-21-11-13-23-37(35)46(39)29-15-8-9-19-33(47)30-44/h10-13,20-27H,6-9,14-19,28-30,44H2,1-5H3/q+1. The van der Waals surface area contributed by atoms with Crippen LogP contribution in [0.3, 0.4) is 0 Å². The summed E-state index contributed by atoms with van der Waals surface area (Å²) >= 11 is 7.23. The Hall–Kier alpha value is -3.21. The van der Waals surface area contributed by atoms with Gasteiger partial charge in [-0.05, 0) is 81.2 Å². The Balaban J connectivity index is 1.41. The fourth-order valence-electron chi connectivity index (χ4n) is 7.72. The summed E-state index contributed by atoms with van der Waals surface area (Å²) in [6, 6.07) is 17.7. The zero-order chi connectivity index (χ0) is 33.6. The largest absolute Gasteiger partial charge is 0.344 e. The number of allylic oxidation sites excluding steroid dienone is 8. The number of Topliss-reactive ketones (excluding diaryl/α,β-unsaturated/α-hetero) is 1. The number of rotatable bonds is 14. The molecule has 2 aromatic carbocycles. The van der Waals surface area contributed by atoms with Crippen molar-refractivity contribution in [3.05, 3.63) is 106 Å². The van der Waals surface area contributed by atoms with Crippen LogP contribution < -0.4 is 10.6 Å². The third-order valence-corrected chi connectivity index (χ3v) is 11.0. The van der Waals surface area contributed by atoms with Crippen molar-refractivity contribution in [2.24, 2.45) is 5.73 Å². The highest BCUT2D eigenvalue weighted by atomic mass is 35.5. The topological polar surface area (TPSA) is 49.3 Å². The summed E-state index contributed by atoms with van der Waals surface area (Å²) in [5, 5.41) is 0.903. The Morgan fingerprint density at radius 2 is 1.64 bits per heavy atom. The molecule has 0 aromatic heterocycles. The van der Waals surface area contributed by atoms with Crippen molar-refractivity contribution < 1.29 is 9.37 Å². The first-order valence-corrected chi connectivity index (χ1v) is 18.3. The molecule has 2 aliphatic heterocycles. The molecule has 0 fully saturated rings. The lowest BCUT2D eigenvalue weighted by molar-refractivity contribution is -0.438. The zero-order valence-electron chi connectivity index (χ0n) is 29.4. The first-order valence-electron chi connectivity index (χ1n) is 17.9. The quantitative estimate of drug-likeness (QED) is 0.163. The summed E-state index contributed by atoms with van der Waals surface area (Å²) in [6.07, 6.45) is 19.5. The molecule has 0 amide bonds. The number of halogens is 1. The van der Waals surface area contributed by atoms with Crippen LogP contribution in [0.4, 0.5) is 11.4 Å². The number of carbonyl (C=O) groups excluding carboxylic acids is 1. The summed E-state index contributed by atoms with van der Waals surface area (Å²) < 4.78 is 2.55. The lowest BCUT2D eigenvalue weighted by atomic mass is 9.81. The average Bonchev–Trinajstić information content (AvgIpc) is 3.42. The van der Waals surface area contributed by atoms with Gasteiger partial charge in [0.25, 0.3) is 0 Å². The van der Waals surface area contributed by atoms with Gasteiger partial charge < -0.3 is 10.6 Å². The Morgan fingerprint density at radius 1 is 0.894 bits per heavy atom. The molecular weight excluding hydrogens is 598 g/mol. The first kappa shape index (κ1) is 35.1. The number of benzene rings is 2. The SMILES string of the molecule is CCCCC[N+]1=C(/C=C/C2=C(Cl)C(=C/C=C3/N(CCCCCC(=O)CN)c4ccccc4C3(C)C)/CCC2)C(C)(C)c2ccccc21. The Kier molecular flexibility index (Phi) is 11.5. The van der Waals surface area contributed by atoms with Crippen LogP contribution in [0.2, 0.25) is 0 Å². The van der Waals surface area contributed by atoms with Crippen molar-refractivity contribution in [1.29, 1.82) is 0 Å². The van der Waals surface area contributed by atoms with Crippen molar-refractivity contribution in [1.82, 2.24) is 0 Å². The Bertz CT molecular complexity index is 1620. The van der Waals surface area contributed by atoms with Crippen molar-refractivity contribution in [2.45, 2.75) is 110 Å². The number of fused-ring (bicyclic) bond motifs is 2. The number of nitrogens with zero attached hydrogens (tertiary/aromatic N) is 2. The van der Waals surface area contributed by atoms with Gasteiger partial charge in [-0.15, -0.1) is 0 Å². The summed E-state index contributed by atoms with van der Waals surface area (Å²) in [7, 11) is 0. The molecule has 2 aromatic rings. The minimum absolute atomic E-state index is 0.0590. The van der Waals surface area contributed by atoms with Crippen molar-refractivity contribution in [2.75, 3.05) is 24.5 Å². The van der Waals surface area contributed by atoms with Crippen LogP contribution in [0.15, 0.2) is 94.7 Å². The van der Waals surface area contributed by atoms with Crippen LogP contribution >= 0.6 is 11.6 Å². The van der Waals surface area contributed by atoms with Gasteiger partial charge in [0.1, 0.15) is 12.3 Å². The first-order chi connectivity index (χ1) is 22.6. The van der Waals surface area contributed by atoms with E-state index in [2.05, 4.69) is 117 Å². The smallest absolute Gasteiger partial charge is 0.209 e. The van der Waals surface area contributed by atoms with Gasteiger partial charge in [-0.2, -0.15) is 4.58 Å². The van der Waals surface area contributed by atoms with Gasteiger partial charge in [0, 0.05) is 58.9 Å². The van der Waals surface area contributed by atoms with E-state index in [0.29, 0.717) is 6.42 Å². The molecule has 1 aliphatic carbocycles. The van der Waals surface area contributed by atoms with Gasteiger partial charge in [-0.1, -0.05) is 93.8 Å². The molecule has 5 rings (SSSR count). The fraction of sp³-hybridized carbons (Fsp3) is 0.476. The number of para-hydroxylation sites is 2. The molecule has 0 saturated heterocycles. The highest BCUT2D eigenvalue weighted by Gasteiger charge is 2.44. The van der Waals surface area contributed by atoms with Crippen LogP contribution in [0.1, 0.15) is 110 Å². The van der Waals surface area contributed by atoms with E-state index in [4.69, 9.17) is 17.3 Å². The van der Waals surface area contributed by atoms with Crippen LogP contribution in [0.5, 0.6) is 0 Å². The maximum atomic E-state index is 11.7. The predicted molar refractivity (Wildman–Crippen MR) is 200 cm³/mol. The second-order valence-electron chi connectivity index (χ2n) is 14.5. The third kappa shape index (κ3) is 7.44. The molecule has 0 atom stereocenters. The molecule has 2 N–H and O–H groups in total. The fourth-order valence-corrected chi connectivity index (χ4v) is 8.04. The maximum Gasteiger partial charge on any atom is 0.209 e. The number of anilines is 1. The van der Waals surface area contributed by atoms with Gasteiger partial charge in [-0.3, -0.25) is 4.79 Å². The lowest BCUT2D eigenvalue weighted by Crippen LogP contribution is -2.28. The van der Waals surface area contributed by atoms with Gasteiger partial charge >= 0.3 is 0 Å². The zero-order valence-corrected chi connectivity index (χ0v) is 30.1. The monoisotopic (exact) mass is 652 g/mol. The highest BCUT2D eigenvalue weighted by Crippen LogP contribution is 2.48. The van der Waals surface area contributed by atoms with Gasteiger partial charge in [-0.25, -0.2) is 0 Å². The summed E-state index contributed by atoms with van der Waals surface area (Å²) in [5.74, 6) is 0.149. The van der Waals surface area contributed by atoms with E-state index < -0.39 is 0 Å². The number of unbranched alkanes of at least 4 members (excludes halogenated alkanes) is 4. The van der Waals surface area contributed by atoms with E-state index in [-0.39, 0.29) is 23.2 Å². The number of carbonyl (C=O) groups is 1. The molecule has 5 heteroatoms. The van der Waals surface area contributed by atoms with Crippen molar-refractivity contribution in [3.63, 3.8) is 0 Å². The molecule has 250 valence electrons. The normalized spacial score (nSPS) is 20.2. The Morgan fingerprint density at radius 3 is 2.40 bits per heavy atom. The van der Waals surface area contributed by atoms with E-state index in [1.165, 1.54) is 64.3 Å². The van der Waals surface area contributed by atoms with Crippen LogP contribution in [0.25, 0.3) is 0 Å². The van der Waals surface area contributed by atoms with Gasteiger partial charge in [0.05, 0.1) is 12.0 Å². The number of hydrogen-bond acceptors (Lipinski definition) is 3. The molecular formula is C42H55ClN3O+. The predicted octanol–water partition coefficient (Wildman–Crippen LogP) is 10.2. The van der Waals surface area contributed by atoms with Crippen LogP contribution in [-0.2, 0) is 15.6 Å². The summed E-state index contributed by atoms with van der Waals surface area (Å²) in [6.45, 7) is 13.7. The molecule has 0 radical (unpaired) electrons. The molecule has 4 nitrogen and oxygen atoms in total. The van der Waals surface area contributed by atoms with E-state index in [9.17, 15) is 4.79 Å². The van der Waals surface area contributed by atoms with E-state index >= 15 is 0 Å². The number of hydrogen-bond donors (Lipinski definition) is 1. The molecule has 2 heterocycles. The highest BCUT2D eigenvalue weighted by molar-refractivity contribution is 6.32. The second-order valence-corrected chi connectivity index (χ2v) is 14.9. The number of nitrogens with two attached hydrogens (primary N) is 1. The van der Waals surface area contributed by atoms with Crippen LogP contribution in [-0.4, -0.2) is 35.7 Å². The van der Waals surface area contributed by atoms with E-state index in [1.807, 2.05) is 0 Å². The van der Waals surface area contributed by atoms with E-state index in [0.717, 1.165) is 56.6 Å². The molecule has 0 bridgehead atoms. The minimum Gasteiger partial charge on any atom is -0.344 e.